The number of hydrogen-bond acceptors (Lipinski definition) is 5. The highest BCUT2D eigenvalue weighted by atomic mass is 16.5. The Hall–Kier alpha value is -2.90. The number of nitrogens with one attached hydrogen (secondary N) is 1. The molecule has 1 aromatic carbocycles. The third kappa shape index (κ3) is 3.33. The van der Waals surface area contributed by atoms with Crippen molar-refractivity contribution in [2.75, 3.05) is 20.2 Å². The minimum Gasteiger partial charge on any atom is -0.469 e. The van der Waals surface area contributed by atoms with Crippen LogP contribution in [-0.4, -0.2) is 46.5 Å². The lowest BCUT2D eigenvalue weighted by molar-refractivity contribution is -0.149. The van der Waals surface area contributed by atoms with Gasteiger partial charge in [0.25, 0.3) is 5.56 Å². The van der Waals surface area contributed by atoms with Gasteiger partial charge in [-0.15, -0.1) is 0 Å². The van der Waals surface area contributed by atoms with Crippen LogP contribution in [0.5, 0.6) is 0 Å². The summed E-state index contributed by atoms with van der Waals surface area (Å²) in [4.78, 5) is 52.8. The Labute approximate surface area is 143 Å². The monoisotopic (exact) mass is 345 g/mol. The van der Waals surface area contributed by atoms with Crippen molar-refractivity contribution in [3.05, 3.63) is 45.1 Å². The number of rotatable bonds is 3. The van der Waals surface area contributed by atoms with Gasteiger partial charge in [0.1, 0.15) is 6.54 Å². The number of esters is 1. The van der Waals surface area contributed by atoms with Crippen molar-refractivity contribution in [3.8, 4) is 0 Å². The number of amides is 1. The molecule has 0 atom stereocenters. The van der Waals surface area contributed by atoms with Gasteiger partial charge < -0.3 is 14.6 Å². The standard InChI is InChI=1S/C17H19N3O5/c1-25-16(23)11-6-8-19(9-7-11)14(21)10-20-15(22)12-4-2-3-5-13(12)18-17(20)24/h2-5,11H,6-10H2,1H3,(H,18,24). The van der Waals surface area contributed by atoms with E-state index in [-0.39, 0.29) is 24.3 Å². The number of likely N-dealkylation sites (tertiary alicyclic amines) is 1. The number of aromatic amines is 1. The van der Waals surface area contributed by atoms with Crippen molar-refractivity contribution in [1.82, 2.24) is 14.5 Å². The maximum atomic E-state index is 12.5. The van der Waals surface area contributed by atoms with E-state index in [0.717, 1.165) is 4.57 Å². The number of hydrogen-bond donors (Lipinski definition) is 1. The van der Waals surface area contributed by atoms with E-state index in [4.69, 9.17) is 4.74 Å². The van der Waals surface area contributed by atoms with Crippen molar-refractivity contribution < 1.29 is 14.3 Å². The number of H-pyrrole nitrogens is 1. The number of aromatic nitrogens is 2. The molecule has 2 aromatic rings. The van der Waals surface area contributed by atoms with Gasteiger partial charge in [-0.05, 0) is 25.0 Å². The Morgan fingerprint density at radius 2 is 1.88 bits per heavy atom. The summed E-state index contributed by atoms with van der Waals surface area (Å²) >= 11 is 0. The number of ether oxygens (including phenoxy) is 1. The average molecular weight is 345 g/mol. The molecule has 1 aliphatic heterocycles. The molecule has 0 unspecified atom stereocenters. The highest BCUT2D eigenvalue weighted by molar-refractivity contribution is 5.79. The van der Waals surface area contributed by atoms with Crippen LogP contribution < -0.4 is 11.2 Å². The molecule has 1 aromatic heterocycles. The molecular formula is C17H19N3O5. The topological polar surface area (TPSA) is 101 Å². The first kappa shape index (κ1) is 16.9. The Morgan fingerprint density at radius 3 is 2.56 bits per heavy atom. The molecule has 0 saturated carbocycles. The smallest absolute Gasteiger partial charge is 0.329 e. The Balaban J connectivity index is 1.76. The molecule has 132 valence electrons. The fourth-order valence-electron chi connectivity index (χ4n) is 3.11. The van der Waals surface area contributed by atoms with E-state index >= 15 is 0 Å². The molecule has 0 radical (unpaired) electrons. The van der Waals surface area contributed by atoms with Crippen LogP contribution in [0.4, 0.5) is 0 Å². The number of methoxy groups -OCH3 is 1. The number of carbonyl (C=O) groups excluding carboxylic acids is 2. The highest BCUT2D eigenvalue weighted by Crippen LogP contribution is 2.18. The first-order valence-corrected chi connectivity index (χ1v) is 8.08. The summed E-state index contributed by atoms with van der Waals surface area (Å²) in [6.45, 7) is 0.486. The van der Waals surface area contributed by atoms with Gasteiger partial charge in [-0.1, -0.05) is 12.1 Å². The number of para-hydroxylation sites is 1. The second kappa shape index (κ2) is 6.92. The molecule has 0 aliphatic carbocycles. The van der Waals surface area contributed by atoms with Crippen molar-refractivity contribution >= 4 is 22.8 Å². The zero-order valence-electron chi connectivity index (χ0n) is 13.9. The van der Waals surface area contributed by atoms with Crippen LogP contribution >= 0.6 is 0 Å². The predicted octanol–water partition coefficient (Wildman–Crippen LogP) is 0.101. The van der Waals surface area contributed by atoms with Gasteiger partial charge in [-0.3, -0.25) is 19.0 Å². The molecule has 8 nitrogen and oxygen atoms in total. The first-order valence-electron chi connectivity index (χ1n) is 8.08. The molecule has 2 heterocycles. The molecule has 1 saturated heterocycles. The molecule has 1 amide bonds. The van der Waals surface area contributed by atoms with Gasteiger partial charge in [0, 0.05) is 13.1 Å². The lowest BCUT2D eigenvalue weighted by Crippen LogP contribution is -2.45. The summed E-state index contributed by atoms with van der Waals surface area (Å²) in [5.41, 5.74) is -0.654. The minimum atomic E-state index is -0.610. The zero-order chi connectivity index (χ0) is 18.0. The third-order valence-electron chi connectivity index (χ3n) is 4.56. The molecular weight excluding hydrogens is 326 g/mol. The molecule has 0 spiro atoms. The van der Waals surface area contributed by atoms with Gasteiger partial charge in [0.05, 0.1) is 23.9 Å². The SMILES string of the molecule is COC(=O)C1CCN(C(=O)Cn2c(=O)[nH]c3ccccc3c2=O)CC1. The maximum absolute atomic E-state index is 12.5. The van der Waals surface area contributed by atoms with E-state index < -0.39 is 11.2 Å². The van der Waals surface area contributed by atoms with E-state index in [0.29, 0.717) is 36.8 Å². The molecule has 25 heavy (non-hydrogen) atoms. The second-order valence-corrected chi connectivity index (χ2v) is 6.05. The quantitative estimate of drug-likeness (QED) is 0.795. The van der Waals surface area contributed by atoms with Crippen LogP contribution in [0, 0.1) is 5.92 Å². The van der Waals surface area contributed by atoms with E-state index in [1.54, 1.807) is 29.2 Å². The Bertz CT molecular complexity index is 922. The van der Waals surface area contributed by atoms with Crippen LogP contribution in [-0.2, 0) is 20.9 Å². The summed E-state index contributed by atoms with van der Waals surface area (Å²) in [5.74, 6) is -0.790. The number of fused-ring (bicyclic) bond motifs is 1. The first-order chi connectivity index (χ1) is 12.0. The number of carbonyl (C=O) groups is 2. The summed E-state index contributed by atoms with van der Waals surface area (Å²) in [5, 5.41) is 0.360. The summed E-state index contributed by atoms with van der Waals surface area (Å²) in [6, 6.07) is 6.67. The van der Waals surface area contributed by atoms with Crippen LogP contribution in [0.2, 0.25) is 0 Å². The molecule has 1 N–H and O–H groups in total. The molecule has 8 heteroatoms. The van der Waals surface area contributed by atoms with Crippen LogP contribution in [0.3, 0.4) is 0 Å². The van der Waals surface area contributed by atoms with Gasteiger partial charge >= 0.3 is 11.7 Å². The van der Waals surface area contributed by atoms with Crippen LogP contribution in [0.1, 0.15) is 12.8 Å². The molecule has 1 aliphatic rings. The highest BCUT2D eigenvalue weighted by Gasteiger charge is 2.28. The van der Waals surface area contributed by atoms with Crippen LogP contribution in [0.15, 0.2) is 33.9 Å². The fourth-order valence-corrected chi connectivity index (χ4v) is 3.11. The van der Waals surface area contributed by atoms with E-state index in [9.17, 15) is 19.2 Å². The van der Waals surface area contributed by atoms with Crippen molar-refractivity contribution in [2.45, 2.75) is 19.4 Å². The third-order valence-corrected chi connectivity index (χ3v) is 4.56. The summed E-state index contributed by atoms with van der Waals surface area (Å²) < 4.78 is 5.63. The predicted molar refractivity (Wildman–Crippen MR) is 90.1 cm³/mol. The Morgan fingerprint density at radius 1 is 1.20 bits per heavy atom. The normalized spacial score (nSPS) is 15.3. The molecule has 3 rings (SSSR count). The summed E-state index contributed by atoms with van der Waals surface area (Å²) in [6.07, 6.45) is 1.03. The summed E-state index contributed by atoms with van der Waals surface area (Å²) in [7, 11) is 1.35. The van der Waals surface area contributed by atoms with Gasteiger partial charge in [-0.25, -0.2) is 4.79 Å². The van der Waals surface area contributed by atoms with E-state index in [1.165, 1.54) is 7.11 Å². The minimum absolute atomic E-state index is 0.208. The van der Waals surface area contributed by atoms with Gasteiger partial charge in [0.15, 0.2) is 0 Å². The molecule has 0 bridgehead atoms. The largest absolute Gasteiger partial charge is 0.469 e. The van der Waals surface area contributed by atoms with Gasteiger partial charge in [0.2, 0.25) is 5.91 Å². The van der Waals surface area contributed by atoms with Crippen LogP contribution in [0.25, 0.3) is 10.9 Å². The maximum Gasteiger partial charge on any atom is 0.329 e. The molecule has 1 fully saturated rings. The zero-order valence-corrected chi connectivity index (χ0v) is 13.9. The number of benzene rings is 1. The van der Waals surface area contributed by atoms with E-state index in [2.05, 4.69) is 4.98 Å². The second-order valence-electron chi connectivity index (χ2n) is 6.05. The number of piperidine rings is 1. The lowest BCUT2D eigenvalue weighted by atomic mass is 9.97. The van der Waals surface area contributed by atoms with Crippen molar-refractivity contribution in [3.63, 3.8) is 0 Å². The average Bonchev–Trinajstić information content (AvgIpc) is 2.64. The lowest BCUT2D eigenvalue weighted by Gasteiger charge is -2.30. The Kier molecular flexibility index (Phi) is 4.69. The van der Waals surface area contributed by atoms with Gasteiger partial charge in [-0.2, -0.15) is 0 Å². The number of nitrogens with zero attached hydrogens (tertiary/aromatic N) is 2. The fraction of sp³-hybridized carbons (Fsp3) is 0.412. The van der Waals surface area contributed by atoms with E-state index in [1.807, 2.05) is 0 Å². The van der Waals surface area contributed by atoms with Crippen molar-refractivity contribution in [2.24, 2.45) is 5.92 Å². The van der Waals surface area contributed by atoms with Crippen molar-refractivity contribution in [1.29, 1.82) is 0 Å².